The van der Waals surface area contributed by atoms with Gasteiger partial charge in [-0.15, -0.1) is 0 Å². The lowest BCUT2D eigenvalue weighted by Gasteiger charge is -2.31. The summed E-state index contributed by atoms with van der Waals surface area (Å²) in [6.07, 6.45) is 2.24. The minimum atomic E-state index is -3.84. The molecule has 0 atom stereocenters. The number of amides is 1. The van der Waals surface area contributed by atoms with Crippen LogP contribution >= 0.6 is 0 Å². The molecule has 8 heteroatoms. The van der Waals surface area contributed by atoms with Gasteiger partial charge in [-0.05, 0) is 91.1 Å². The normalized spacial score (nSPS) is 12.9. The van der Waals surface area contributed by atoms with Gasteiger partial charge in [0.2, 0.25) is 0 Å². The van der Waals surface area contributed by atoms with Crippen molar-refractivity contribution in [3.05, 3.63) is 113 Å². The summed E-state index contributed by atoms with van der Waals surface area (Å²) < 4.78 is 33.7. The number of methoxy groups -OCH3 is 1. The number of hydrogen-bond donors (Lipinski definition) is 2. The molecule has 39 heavy (non-hydrogen) atoms. The molecule has 4 aromatic rings. The summed E-state index contributed by atoms with van der Waals surface area (Å²) in [5.41, 5.74) is 6.09. The van der Waals surface area contributed by atoms with Crippen LogP contribution in [0.4, 0.5) is 17.1 Å². The molecule has 5 rings (SSSR count). The number of hydrogen-bond acceptors (Lipinski definition) is 5. The van der Waals surface area contributed by atoms with Crippen LogP contribution in [0.15, 0.2) is 95.9 Å². The summed E-state index contributed by atoms with van der Waals surface area (Å²) in [6, 6.07) is 27.4. The molecule has 0 saturated carbocycles. The Morgan fingerprint density at radius 3 is 2.44 bits per heavy atom. The number of anilines is 3. The third kappa shape index (κ3) is 6.07. The smallest absolute Gasteiger partial charge is 0.262 e. The van der Waals surface area contributed by atoms with E-state index < -0.39 is 10.0 Å². The van der Waals surface area contributed by atoms with Crippen molar-refractivity contribution >= 4 is 33.0 Å². The van der Waals surface area contributed by atoms with Crippen LogP contribution in [-0.2, 0) is 23.0 Å². The fourth-order valence-electron chi connectivity index (χ4n) is 4.78. The van der Waals surface area contributed by atoms with Crippen LogP contribution in [0, 0.1) is 6.92 Å². The molecule has 0 aromatic heterocycles. The highest BCUT2D eigenvalue weighted by molar-refractivity contribution is 7.92. The highest BCUT2D eigenvalue weighted by Crippen LogP contribution is 2.29. The van der Waals surface area contributed by atoms with Crippen LogP contribution in [0.1, 0.15) is 33.5 Å². The standard InChI is InChI=1S/C31H31N3O4S/c1-22-9-18-30(38-2)28(20-22)33-39(36,37)27-16-14-26(15-17-27)32-31(35)25-12-10-23(11-13-25)21-34-19-5-7-24-6-3-4-8-29(24)34/h3-4,6,8-18,20,33H,5,7,19,21H2,1-2H3,(H,32,35). The lowest BCUT2D eigenvalue weighted by molar-refractivity contribution is 0.102. The van der Waals surface area contributed by atoms with Gasteiger partial charge in [0.25, 0.3) is 15.9 Å². The van der Waals surface area contributed by atoms with E-state index in [-0.39, 0.29) is 10.8 Å². The van der Waals surface area contributed by atoms with Crippen molar-refractivity contribution in [2.45, 2.75) is 31.2 Å². The van der Waals surface area contributed by atoms with Gasteiger partial charge < -0.3 is 15.0 Å². The van der Waals surface area contributed by atoms with Gasteiger partial charge >= 0.3 is 0 Å². The molecule has 0 aliphatic carbocycles. The topological polar surface area (TPSA) is 87.7 Å². The van der Waals surface area contributed by atoms with Gasteiger partial charge in [0.15, 0.2) is 0 Å². The van der Waals surface area contributed by atoms with Crippen molar-refractivity contribution in [1.29, 1.82) is 0 Å². The Kier molecular flexibility index (Phi) is 7.56. The molecule has 0 bridgehead atoms. The first kappa shape index (κ1) is 26.3. The molecule has 1 amide bonds. The molecule has 0 saturated heterocycles. The van der Waals surface area contributed by atoms with E-state index in [1.54, 1.807) is 24.3 Å². The van der Waals surface area contributed by atoms with Crippen LogP contribution in [0.25, 0.3) is 0 Å². The van der Waals surface area contributed by atoms with Crippen molar-refractivity contribution < 1.29 is 17.9 Å². The van der Waals surface area contributed by atoms with Crippen LogP contribution in [0.2, 0.25) is 0 Å². The molecule has 0 spiro atoms. The number of para-hydroxylation sites is 1. The Morgan fingerprint density at radius 2 is 1.69 bits per heavy atom. The van der Waals surface area contributed by atoms with Gasteiger partial charge in [-0.25, -0.2) is 8.42 Å². The van der Waals surface area contributed by atoms with E-state index >= 15 is 0 Å². The van der Waals surface area contributed by atoms with Gasteiger partial charge in [-0.3, -0.25) is 9.52 Å². The first-order valence-corrected chi connectivity index (χ1v) is 14.3. The zero-order chi connectivity index (χ0) is 27.4. The third-order valence-electron chi connectivity index (χ3n) is 6.82. The van der Waals surface area contributed by atoms with E-state index in [4.69, 9.17) is 4.74 Å². The SMILES string of the molecule is COc1ccc(C)cc1NS(=O)(=O)c1ccc(NC(=O)c2ccc(CN3CCCc4ccccc43)cc2)cc1. The van der Waals surface area contributed by atoms with Gasteiger partial charge in [0.05, 0.1) is 17.7 Å². The predicted octanol–water partition coefficient (Wildman–Crippen LogP) is 6.01. The van der Waals surface area contributed by atoms with Crippen LogP contribution in [-0.4, -0.2) is 28.0 Å². The second-order valence-corrected chi connectivity index (χ2v) is 11.3. The first-order chi connectivity index (χ1) is 18.8. The molecule has 1 aliphatic heterocycles. The lowest BCUT2D eigenvalue weighted by Crippen LogP contribution is -2.28. The minimum absolute atomic E-state index is 0.0766. The summed E-state index contributed by atoms with van der Waals surface area (Å²) in [5, 5.41) is 2.84. The van der Waals surface area contributed by atoms with Crippen molar-refractivity contribution in [3.8, 4) is 5.75 Å². The average Bonchev–Trinajstić information content (AvgIpc) is 2.94. The molecule has 1 heterocycles. The second kappa shape index (κ2) is 11.2. The third-order valence-corrected chi connectivity index (χ3v) is 8.20. The highest BCUT2D eigenvalue weighted by Gasteiger charge is 2.18. The summed E-state index contributed by atoms with van der Waals surface area (Å²) in [4.78, 5) is 15.3. The molecule has 0 radical (unpaired) electrons. The maximum Gasteiger partial charge on any atom is 0.262 e. The molecule has 1 aliphatic rings. The van der Waals surface area contributed by atoms with Crippen LogP contribution in [0.3, 0.4) is 0 Å². The van der Waals surface area contributed by atoms with Gasteiger partial charge in [0.1, 0.15) is 5.75 Å². The monoisotopic (exact) mass is 541 g/mol. The maximum absolute atomic E-state index is 12.9. The molecule has 7 nitrogen and oxygen atoms in total. The van der Waals surface area contributed by atoms with Gasteiger partial charge in [-0.2, -0.15) is 0 Å². The largest absolute Gasteiger partial charge is 0.495 e. The van der Waals surface area contributed by atoms with E-state index in [0.29, 0.717) is 22.7 Å². The van der Waals surface area contributed by atoms with E-state index in [1.165, 1.54) is 30.5 Å². The number of sulfonamides is 1. The molecular formula is C31H31N3O4S. The number of aryl methyl sites for hydroxylation is 2. The number of carbonyl (C=O) groups is 1. The number of rotatable bonds is 8. The summed E-state index contributed by atoms with van der Waals surface area (Å²) in [6.45, 7) is 3.67. The molecule has 4 aromatic carbocycles. The number of nitrogens with one attached hydrogen (secondary N) is 2. The zero-order valence-electron chi connectivity index (χ0n) is 22.0. The summed E-state index contributed by atoms with van der Waals surface area (Å²) in [7, 11) is -2.36. The quantitative estimate of drug-likeness (QED) is 0.285. The Labute approximate surface area is 229 Å². The van der Waals surface area contributed by atoms with Crippen LogP contribution < -0.4 is 19.7 Å². The Balaban J connectivity index is 1.22. The van der Waals surface area contributed by atoms with E-state index in [1.807, 2.05) is 37.3 Å². The maximum atomic E-state index is 12.9. The van der Waals surface area contributed by atoms with Crippen molar-refractivity contribution in [2.24, 2.45) is 0 Å². The van der Waals surface area contributed by atoms with Crippen molar-refractivity contribution in [2.75, 3.05) is 28.6 Å². The van der Waals surface area contributed by atoms with Crippen molar-refractivity contribution in [3.63, 3.8) is 0 Å². The van der Waals surface area contributed by atoms with Crippen molar-refractivity contribution in [1.82, 2.24) is 0 Å². The number of carbonyl (C=O) groups excluding carboxylic acids is 1. The van der Waals surface area contributed by atoms with Gasteiger partial charge in [-0.1, -0.05) is 36.4 Å². The van der Waals surface area contributed by atoms with E-state index in [9.17, 15) is 13.2 Å². The summed E-state index contributed by atoms with van der Waals surface area (Å²) in [5.74, 6) is 0.169. The fourth-order valence-corrected chi connectivity index (χ4v) is 5.84. The predicted molar refractivity (Wildman–Crippen MR) is 155 cm³/mol. The fraction of sp³-hybridized carbons (Fsp3) is 0.194. The number of fused-ring (bicyclic) bond motifs is 1. The summed E-state index contributed by atoms with van der Waals surface area (Å²) >= 11 is 0. The molecular weight excluding hydrogens is 510 g/mol. The molecule has 2 N–H and O–H groups in total. The molecule has 0 unspecified atom stereocenters. The number of nitrogens with zero attached hydrogens (tertiary/aromatic N) is 1. The Hall–Kier alpha value is -4.30. The lowest BCUT2D eigenvalue weighted by atomic mass is 10.0. The molecule has 0 fully saturated rings. The average molecular weight is 542 g/mol. The minimum Gasteiger partial charge on any atom is -0.495 e. The molecule has 200 valence electrons. The number of benzene rings is 4. The Morgan fingerprint density at radius 1 is 0.949 bits per heavy atom. The highest BCUT2D eigenvalue weighted by atomic mass is 32.2. The van der Waals surface area contributed by atoms with Gasteiger partial charge in [0, 0.05) is 30.0 Å². The zero-order valence-corrected chi connectivity index (χ0v) is 22.8. The first-order valence-electron chi connectivity index (χ1n) is 12.8. The van der Waals surface area contributed by atoms with E-state index in [2.05, 4.69) is 39.2 Å². The van der Waals surface area contributed by atoms with Crippen LogP contribution in [0.5, 0.6) is 5.75 Å². The Bertz CT molecular complexity index is 1580. The second-order valence-electron chi connectivity index (χ2n) is 9.64. The number of ether oxygens (including phenoxy) is 1. The van der Waals surface area contributed by atoms with E-state index in [0.717, 1.165) is 37.1 Å².